The molecular formula is C14H17BrFNO2. The normalized spacial score (nSPS) is 18.9. The molecule has 19 heavy (non-hydrogen) atoms. The summed E-state index contributed by atoms with van der Waals surface area (Å²) in [6, 6.07) is 4.53. The Kier molecular flexibility index (Phi) is 4.93. The Morgan fingerprint density at radius 2 is 2.32 bits per heavy atom. The molecule has 3 nitrogen and oxygen atoms in total. The molecule has 1 aliphatic rings. The van der Waals surface area contributed by atoms with Gasteiger partial charge in [-0.25, -0.2) is 4.39 Å². The molecule has 1 fully saturated rings. The van der Waals surface area contributed by atoms with Gasteiger partial charge >= 0.3 is 0 Å². The lowest BCUT2D eigenvalue weighted by molar-refractivity contribution is 0.0719. The fourth-order valence-corrected chi connectivity index (χ4v) is 2.91. The third-order valence-corrected chi connectivity index (χ3v) is 3.99. The molecule has 1 aliphatic heterocycles. The summed E-state index contributed by atoms with van der Waals surface area (Å²) >= 11 is 3.26. The Bertz CT molecular complexity index is 467. The molecule has 2 rings (SSSR count). The lowest BCUT2D eigenvalue weighted by atomic mass is 10.1. The maximum absolute atomic E-state index is 13.7. The van der Waals surface area contributed by atoms with E-state index < -0.39 is 5.82 Å². The number of likely N-dealkylation sites (tertiary alicyclic amines) is 1. The molecule has 0 aliphatic carbocycles. The summed E-state index contributed by atoms with van der Waals surface area (Å²) < 4.78 is 14.4. The zero-order chi connectivity index (χ0) is 13.8. The lowest BCUT2D eigenvalue weighted by Gasteiger charge is -2.25. The molecule has 0 radical (unpaired) electrons. The second-order valence-electron chi connectivity index (χ2n) is 4.78. The highest BCUT2D eigenvalue weighted by Gasteiger charge is 2.30. The smallest absolute Gasteiger partial charge is 0.257 e. The van der Waals surface area contributed by atoms with Crippen LogP contribution in [0.1, 0.15) is 36.0 Å². The molecule has 0 bridgehead atoms. The van der Waals surface area contributed by atoms with E-state index in [0.29, 0.717) is 17.4 Å². The van der Waals surface area contributed by atoms with Crippen LogP contribution in [0.2, 0.25) is 0 Å². The van der Waals surface area contributed by atoms with E-state index >= 15 is 0 Å². The zero-order valence-corrected chi connectivity index (χ0v) is 12.2. The van der Waals surface area contributed by atoms with Crippen molar-refractivity contribution in [2.45, 2.75) is 31.7 Å². The van der Waals surface area contributed by atoms with E-state index in [4.69, 9.17) is 5.11 Å². The summed E-state index contributed by atoms with van der Waals surface area (Å²) in [6.45, 7) is 0.796. The van der Waals surface area contributed by atoms with E-state index in [-0.39, 0.29) is 24.1 Å². The van der Waals surface area contributed by atoms with Crippen LogP contribution in [-0.4, -0.2) is 35.1 Å². The minimum absolute atomic E-state index is 0.116. The first-order valence-electron chi connectivity index (χ1n) is 6.50. The van der Waals surface area contributed by atoms with E-state index in [0.717, 1.165) is 19.3 Å². The van der Waals surface area contributed by atoms with Crippen LogP contribution in [0.25, 0.3) is 0 Å². The average Bonchev–Trinajstić information content (AvgIpc) is 2.86. The number of rotatable bonds is 4. The predicted molar refractivity (Wildman–Crippen MR) is 74.5 cm³/mol. The molecule has 1 amide bonds. The highest BCUT2D eigenvalue weighted by atomic mass is 79.9. The van der Waals surface area contributed by atoms with Gasteiger partial charge in [0.2, 0.25) is 0 Å². The fraction of sp³-hybridized carbons (Fsp3) is 0.500. The van der Waals surface area contributed by atoms with E-state index in [1.165, 1.54) is 12.1 Å². The van der Waals surface area contributed by atoms with Crippen molar-refractivity contribution in [2.24, 2.45) is 0 Å². The average molecular weight is 330 g/mol. The van der Waals surface area contributed by atoms with Crippen LogP contribution >= 0.6 is 15.9 Å². The quantitative estimate of drug-likeness (QED) is 0.922. The number of aliphatic hydroxyl groups is 1. The van der Waals surface area contributed by atoms with Crippen molar-refractivity contribution in [1.82, 2.24) is 4.90 Å². The van der Waals surface area contributed by atoms with E-state index in [1.807, 2.05) is 0 Å². The Labute approximate surface area is 120 Å². The summed E-state index contributed by atoms with van der Waals surface area (Å²) in [4.78, 5) is 14.1. The minimum atomic E-state index is -0.485. The first kappa shape index (κ1) is 14.5. The first-order chi connectivity index (χ1) is 9.13. The number of hydrogen-bond acceptors (Lipinski definition) is 2. The number of nitrogens with zero attached hydrogens (tertiary/aromatic N) is 1. The van der Waals surface area contributed by atoms with Crippen molar-refractivity contribution in [3.05, 3.63) is 34.1 Å². The van der Waals surface area contributed by atoms with Crippen molar-refractivity contribution in [2.75, 3.05) is 13.2 Å². The van der Waals surface area contributed by atoms with Gasteiger partial charge in [-0.15, -0.1) is 0 Å². The summed E-state index contributed by atoms with van der Waals surface area (Å²) in [5.74, 6) is -0.736. The molecular weight excluding hydrogens is 313 g/mol. The molecule has 1 N–H and O–H groups in total. The van der Waals surface area contributed by atoms with Gasteiger partial charge in [0, 0.05) is 23.7 Å². The number of hydrogen-bond donors (Lipinski definition) is 1. The van der Waals surface area contributed by atoms with Gasteiger partial charge < -0.3 is 10.0 Å². The standard InChI is InChI=1S/C14H17BrFNO2/c15-10-5-6-13(16)12(9-10)14(19)17-7-1-3-11(17)4-2-8-18/h5-6,9,11,18H,1-4,7-8H2. The number of carbonyl (C=O) groups excluding carboxylic acids is 1. The van der Waals surface area contributed by atoms with Crippen molar-refractivity contribution >= 4 is 21.8 Å². The van der Waals surface area contributed by atoms with Gasteiger partial charge in [0.25, 0.3) is 5.91 Å². The largest absolute Gasteiger partial charge is 0.396 e. The van der Waals surface area contributed by atoms with Gasteiger partial charge in [-0.2, -0.15) is 0 Å². The molecule has 1 aromatic carbocycles. The van der Waals surface area contributed by atoms with Crippen LogP contribution in [0.3, 0.4) is 0 Å². The first-order valence-corrected chi connectivity index (χ1v) is 7.29. The van der Waals surface area contributed by atoms with Crippen LogP contribution < -0.4 is 0 Å². The Hall–Kier alpha value is -0.940. The highest BCUT2D eigenvalue weighted by molar-refractivity contribution is 9.10. The highest BCUT2D eigenvalue weighted by Crippen LogP contribution is 2.25. The SMILES string of the molecule is O=C(c1cc(Br)ccc1F)N1CCCC1CCCO. The monoisotopic (exact) mass is 329 g/mol. The number of aliphatic hydroxyl groups excluding tert-OH is 1. The van der Waals surface area contributed by atoms with Crippen LogP contribution in [0.15, 0.2) is 22.7 Å². The molecule has 1 saturated heterocycles. The summed E-state index contributed by atoms with van der Waals surface area (Å²) in [5, 5.41) is 8.88. The van der Waals surface area contributed by atoms with Gasteiger partial charge in [-0.3, -0.25) is 4.79 Å². The Morgan fingerprint density at radius 3 is 3.05 bits per heavy atom. The van der Waals surface area contributed by atoms with E-state index in [1.54, 1.807) is 11.0 Å². The van der Waals surface area contributed by atoms with E-state index in [2.05, 4.69) is 15.9 Å². The molecule has 5 heteroatoms. The lowest BCUT2D eigenvalue weighted by Crippen LogP contribution is -2.36. The van der Waals surface area contributed by atoms with Crippen molar-refractivity contribution in [1.29, 1.82) is 0 Å². The van der Waals surface area contributed by atoms with Crippen molar-refractivity contribution < 1.29 is 14.3 Å². The zero-order valence-electron chi connectivity index (χ0n) is 10.6. The summed E-state index contributed by atoms with van der Waals surface area (Å²) in [6.07, 6.45) is 3.33. The molecule has 1 heterocycles. The van der Waals surface area contributed by atoms with Crippen LogP contribution in [0.5, 0.6) is 0 Å². The van der Waals surface area contributed by atoms with Crippen LogP contribution in [-0.2, 0) is 0 Å². The maximum atomic E-state index is 13.7. The third-order valence-electron chi connectivity index (χ3n) is 3.49. The van der Waals surface area contributed by atoms with Gasteiger partial charge in [0.1, 0.15) is 5.82 Å². The number of halogens is 2. The van der Waals surface area contributed by atoms with Gasteiger partial charge in [0.05, 0.1) is 5.56 Å². The second kappa shape index (κ2) is 6.48. The van der Waals surface area contributed by atoms with Gasteiger partial charge in [-0.05, 0) is 43.9 Å². The number of carbonyl (C=O) groups is 1. The molecule has 1 aromatic rings. The Morgan fingerprint density at radius 1 is 1.53 bits per heavy atom. The molecule has 0 saturated carbocycles. The maximum Gasteiger partial charge on any atom is 0.257 e. The van der Waals surface area contributed by atoms with Gasteiger partial charge in [-0.1, -0.05) is 15.9 Å². The predicted octanol–water partition coefficient (Wildman–Crippen LogP) is 2.97. The van der Waals surface area contributed by atoms with Crippen molar-refractivity contribution in [3.63, 3.8) is 0 Å². The molecule has 1 atom stereocenters. The second-order valence-corrected chi connectivity index (χ2v) is 5.70. The third kappa shape index (κ3) is 3.34. The molecule has 1 unspecified atom stereocenters. The van der Waals surface area contributed by atoms with E-state index in [9.17, 15) is 9.18 Å². The molecule has 0 aromatic heterocycles. The summed E-state index contributed by atoms with van der Waals surface area (Å²) in [7, 11) is 0. The minimum Gasteiger partial charge on any atom is -0.396 e. The van der Waals surface area contributed by atoms with Crippen LogP contribution in [0, 0.1) is 5.82 Å². The van der Waals surface area contributed by atoms with Crippen LogP contribution in [0.4, 0.5) is 4.39 Å². The summed E-state index contributed by atoms with van der Waals surface area (Å²) in [5.41, 5.74) is 0.116. The number of benzene rings is 1. The van der Waals surface area contributed by atoms with Crippen molar-refractivity contribution in [3.8, 4) is 0 Å². The van der Waals surface area contributed by atoms with Gasteiger partial charge in [0.15, 0.2) is 0 Å². The number of amides is 1. The molecule has 104 valence electrons. The fourth-order valence-electron chi connectivity index (χ4n) is 2.55. The molecule has 0 spiro atoms. The Balaban J connectivity index is 2.16. The topological polar surface area (TPSA) is 40.5 Å².